The van der Waals surface area contributed by atoms with Crippen molar-refractivity contribution in [3.8, 4) is 0 Å². The average Bonchev–Trinajstić information content (AvgIpc) is 2.37. The van der Waals surface area contributed by atoms with Crippen molar-refractivity contribution in [2.24, 2.45) is 11.8 Å². The lowest BCUT2D eigenvalue weighted by molar-refractivity contribution is -0.143. The van der Waals surface area contributed by atoms with Crippen LogP contribution in [0.25, 0.3) is 0 Å². The lowest BCUT2D eigenvalue weighted by atomic mass is 9.90. The minimum absolute atomic E-state index is 0.0594. The molecule has 0 radical (unpaired) electrons. The molecule has 1 N–H and O–H groups in total. The fraction of sp³-hybridized carbons (Fsp3) is 0.467. The number of nitrogens with zero attached hydrogens (tertiary/aromatic N) is 1. The number of carbonyl (C=O) groups is 2. The maximum absolute atomic E-state index is 12.5. The van der Waals surface area contributed by atoms with Crippen LogP contribution < -0.4 is 0 Å². The third kappa shape index (κ3) is 2.95. The Morgan fingerprint density at radius 3 is 2.58 bits per heavy atom. The Morgan fingerprint density at radius 2 is 1.95 bits per heavy atom. The quantitative estimate of drug-likeness (QED) is 0.887. The number of hydrogen-bond donors (Lipinski definition) is 1. The number of carboxylic acid groups (broad SMARTS) is 1. The van der Waals surface area contributed by atoms with Crippen LogP contribution in [0.2, 0.25) is 0 Å². The van der Waals surface area contributed by atoms with Gasteiger partial charge in [-0.15, -0.1) is 0 Å². The number of benzene rings is 1. The van der Waals surface area contributed by atoms with Crippen LogP contribution in [-0.4, -0.2) is 35.0 Å². The van der Waals surface area contributed by atoms with Crippen molar-refractivity contribution in [1.82, 2.24) is 4.90 Å². The number of aliphatic carboxylic acids is 1. The summed E-state index contributed by atoms with van der Waals surface area (Å²) in [5, 5.41) is 9.14. The largest absolute Gasteiger partial charge is 0.481 e. The summed E-state index contributed by atoms with van der Waals surface area (Å²) in [4.78, 5) is 25.3. The highest BCUT2D eigenvalue weighted by molar-refractivity contribution is 5.96. The molecule has 0 spiro atoms. The summed E-state index contributed by atoms with van der Waals surface area (Å²) in [6, 6.07) is 7.43. The predicted molar refractivity (Wildman–Crippen MR) is 72.0 cm³/mol. The summed E-state index contributed by atoms with van der Waals surface area (Å²) >= 11 is 0. The number of aryl methyl sites for hydroxylation is 1. The van der Waals surface area contributed by atoms with E-state index in [0.717, 1.165) is 5.56 Å². The fourth-order valence-electron chi connectivity index (χ4n) is 2.68. The summed E-state index contributed by atoms with van der Waals surface area (Å²) < 4.78 is 0. The van der Waals surface area contributed by atoms with Gasteiger partial charge < -0.3 is 10.0 Å². The van der Waals surface area contributed by atoms with E-state index >= 15 is 0 Å². The summed E-state index contributed by atoms with van der Waals surface area (Å²) in [6.45, 7) is 4.84. The molecule has 4 heteroatoms. The van der Waals surface area contributed by atoms with Gasteiger partial charge in [0.25, 0.3) is 5.91 Å². The first-order valence-electron chi connectivity index (χ1n) is 6.56. The molecular weight excluding hydrogens is 242 g/mol. The maximum Gasteiger partial charge on any atom is 0.308 e. The molecular formula is C15H19NO3. The van der Waals surface area contributed by atoms with E-state index in [1.54, 1.807) is 11.0 Å². The van der Waals surface area contributed by atoms with Crippen molar-refractivity contribution in [2.75, 3.05) is 13.1 Å². The van der Waals surface area contributed by atoms with Crippen molar-refractivity contribution in [3.05, 3.63) is 35.4 Å². The zero-order valence-electron chi connectivity index (χ0n) is 11.3. The Labute approximate surface area is 113 Å². The zero-order chi connectivity index (χ0) is 14.0. The molecule has 1 aromatic carbocycles. The third-order valence-electron chi connectivity index (χ3n) is 3.67. The minimum Gasteiger partial charge on any atom is -0.481 e. The van der Waals surface area contributed by atoms with E-state index in [0.29, 0.717) is 25.1 Å². The van der Waals surface area contributed by atoms with Crippen molar-refractivity contribution in [3.63, 3.8) is 0 Å². The molecule has 0 aliphatic carbocycles. The van der Waals surface area contributed by atoms with Gasteiger partial charge in [-0.25, -0.2) is 0 Å². The molecule has 1 aliphatic heterocycles. The fourth-order valence-corrected chi connectivity index (χ4v) is 2.68. The lowest BCUT2D eigenvalue weighted by Gasteiger charge is -2.35. The van der Waals surface area contributed by atoms with Gasteiger partial charge in [0.15, 0.2) is 0 Å². The second-order valence-corrected chi connectivity index (χ2v) is 5.40. The first-order chi connectivity index (χ1) is 8.99. The molecule has 4 nitrogen and oxygen atoms in total. The Bertz CT molecular complexity index is 498. The first-order valence-corrected chi connectivity index (χ1v) is 6.56. The van der Waals surface area contributed by atoms with Crippen LogP contribution in [0.3, 0.4) is 0 Å². The maximum atomic E-state index is 12.5. The van der Waals surface area contributed by atoms with Crippen molar-refractivity contribution in [2.45, 2.75) is 20.3 Å². The van der Waals surface area contributed by atoms with E-state index in [-0.39, 0.29) is 11.8 Å². The number of rotatable bonds is 2. The molecule has 1 saturated heterocycles. The summed E-state index contributed by atoms with van der Waals surface area (Å²) in [7, 11) is 0. The van der Waals surface area contributed by atoms with Gasteiger partial charge in [-0.2, -0.15) is 0 Å². The molecule has 1 amide bonds. The van der Waals surface area contributed by atoms with Crippen LogP contribution in [-0.2, 0) is 4.79 Å². The molecule has 0 aromatic heterocycles. The second kappa shape index (κ2) is 5.43. The zero-order valence-corrected chi connectivity index (χ0v) is 11.3. The SMILES string of the molecule is Cc1ccccc1C(=O)N1CC(C)CC(C(=O)O)C1. The van der Waals surface area contributed by atoms with Crippen molar-refractivity contribution < 1.29 is 14.7 Å². The number of carboxylic acids is 1. The Hall–Kier alpha value is -1.84. The molecule has 1 fully saturated rings. The van der Waals surface area contributed by atoms with E-state index in [9.17, 15) is 9.59 Å². The molecule has 1 heterocycles. The van der Waals surface area contributed by atoms with Gasteiger partial charge in [-0.05, 0) is 30.9 Å². The van der Waals surface area contributed by atoms with Gasteiger partial charge in [0.1, 0.15) is 0 Å². The normalized spacial score (nSPS) is 23.2. The highest BCUT2D eigenvalue weighted by atomic mass is 16.4. The van der Waals surface area contributed by atoms with Gasteiger partial charge in [-0.3, -0.25) is 9.59 Å². The molecule has 102 valence electrons. The van der Waals surface area contributed by atoms with Crippen LogP contribution in [0, 0.1) is 18.8 Å². The highest BCUT2D eigenvalue weighted by Crippen LogP contribution is 2.24. The van der Waals surface area contributed by atoms with Crippen LogP contribution in [0.1, 0.15) is 29.3 Å². The van der Waals surface area contributed by atoms with E-state index in [1.165, 1.54) is 0 Å². The highest BCUT2D eigenvalue weighted by Gasteiger charge is 2.32. The molecule has 1 aromatic rings. The molecule has 19 heavy (non-hydrogen) atoms. The second-order valence-electron chi connectivity index (χ2n) is 5.40. The van der Waals surface area contributed by atoms with Gasteiger partial charge >= 0.3 is 5.97 Å². The lowest BCUT2D eigenvalue weighted by Crippen LogP contribution is -2.45. The molecule has 2 unspecified atom stereocenters. The number of carbonyl (C=O) groups excluding carboxylic acids is 1. The number of amides is 1. The van der Waals surface area contributed by atoms with Gasteiger partial charge in [0.05, 0.1) is 5.92 Å². The molecule has 1 aliphatic rings. The van der Waals surface area contributed by atoms with Crippen molar-refractivity contribution >= 4 is 11.9 Å². The standard InChI is InChI=1S/C15H19NO3/c1-10-7-12(15(18)19)9-16(8-10)14(17)13-6-4-3-5-11(13)2/h3-6,10,12H,7-9H2,1-2H3,(H,18,19). The molecule has 0 saturated carbocycles. The molecule has 2 rings (SSSR count). The van der Waals surface area contributed by atoms with Crippen LogP contribution in [0.15, 0.2) is 24.3 Å². The number of piperidine rings is 1. The van der Waals surface area contributed by atoms with E-state index in [4.69, 9.17) is 5.11 Å². The number of hydrogen-bond acceptors (Lipinski definition) is 2. The Morgan fingerprint density at radius 1 is 1.26 bits per heavy atom. The van der Waals surface area contributed by atoms with E-state index in [1.807, 2.05) is 32.0 Å². The topological polar surface area (TPSA) is 57.6 Å². The Balaban J connectivity index is 2.19. The van der Waals surface area contributed by atoms with Crippen LogP contribution in [0.5, 0.6) is 0 Å². The van der Waals surface area contributed by atoms with Gasteiger partial charge in [0.2, 0.25) is 0 Å². The van der Waals surface area contributed by atoms with Gasteiger partial charge in [-0.1, -0.05) is 25.1 Å². The predicted octanol–water partition coefficient (Wildman–Crippen LogP) is 2.18. The first kappa shape index (κ1) is 13.6. The average molecular weight is 261 g/mol. The molecule has 2 atom stereocenters. The minimum atomic E-state index is -0.811. The Kier molecular flexibility index (Phi) is 3.88. The monoisotopic (exact) mass is 261 g/mol. The van der Waals surface area contributed by atoms with E-state index < -0.39 is 11.9 Å². The van der Waals surface area contributed by atoms with Gasteiger partial charge in [0, 0.05) is 18.7 Å². The van der Waals surface area contributed by atoms with Crippen molar-refractivity contribution in [1.29, 1.82) is 0 Å². The smallest absolute Gasteiger partial charge is 0.308 e. The third-order valence-corrected chi connectivity index (χ3v) is 3.67. The van der Waals surface area contributed by atoms with Crippen LogP contribution >= 0.6 is 0 Å². The molecule has 0 bridgehead atoms. The summed E-state index contributed by atoms with van der Waals surface area (Å²) in [5.41, 5.74) is 1.60. The number of likely N-dealkylation sites (tertiary alicyclic amines) is 1. The van der Waals surface area contributed by atoms with Crippen LogP contribution in [0.4, 0.5) is 0 Å². The van der Waals surface area contributed by atoms with E-state index in [2.05, 4.69) is 0 Å². The summed E-state index contributed by atoms with van der Waals surface area (Å²) in [5.74, 6) is -1.09. The summed E-state index contributed by atoms with van der Waals surface area (Å²) in [6.07, 6.45) is 0.646.